The molecule has 1 rings (SSSR count). The van der Waals surface area contributed by atoms with Crippen molar-refractivity contribution in [3.8, 4) is 0 Å². The number of likely N-dealkylation sites (tertiary alicyclic amines) is 1. The Bertz CT molecular complexity index is 543. The fraction of sp³-hybridized carbons (Fsp3) is 0.833. The molecule has 2 amide bonds. The number of carbonyl (C=O) groups excluding carboxylic acids is 2. The molecule has 0 aromatic heterocycles. The number of hydrogen-bond donors (Lipinski definition) is 0. The van der Waals surface area contributed by atoms with E-state index in [2.05, 4.69) is 24.9 Å². The quantitative estimate of drug-likeness (QED) is 0.292. The number of nitrogens with zero attached hydrogens (tertiary/aromatic N) is 1. The number of piperidine rings is 1. The third-order valence-corrected chi connectivity index (χ3v) is 20.3. The molecule has 0 aromatic rings. The summed E-state index contributed by atoms with van der Waals surface area (Å²) >= 11 is -2.46. The van der Waals surface area contributed by atoms with Crippen LogP contribution in [0.4, 0.5) is 4.79 Å². The molecule has 0 bridgehead atoms. The van der Waals surface area contributed by atoms with Crippen molar-refractivity contribution in [2.45, 2.75) is 112 Å². The Morgan fingerprint density at radius 1 is 1.07 bits per heavy atom. The van der Waals surface area contributed by atoms with Gasteiger partial charge in [0.25, 0.3) is 0 Å². The molecule has 4 nitrogen and oxygen atoms in total. The van der Waals surface area contributed by atoms with Crippen LogP contribution in [0.3, 0.4) is 0 Å². The zero-order valence-corrected chi connectivity index (χ0v) is 23.0. The van der Waals surface area contributed by atoms with E-state index in [1.807, 2.05) is 27.7 Å². The summed E-state index contributed by atoms with van der Waals surface area (Å²) in [6.45, 7) is 14.8. The second kappa shape index (κ2) is 12.4. The van der Waals surface area contributed by atoms with E-state index < -0.39 is 30.1 Å². The van der Waals surface area contributed by atoms with Gasteiger partial charge in [-0.2, -0.15) is 0 Å². The molecule has 0 radical (unpaired) electrons. The van der Waals surface area contributed by atoms with Gasteiger partial charge in [0.15, 0.2) is 0 Å². The first-order chi connectivity index (χ1) is 13.6. The molecular formula is C24H45NO3Sn. The van der Waals surface area contributed by atoms with Gasteiger partial charge in [-0.1, -0.05) is 0 Å². The van der Waals surface area contributed by atoms with E-state index in [1.54, 1.807) is 0 Å². The number of amides is 2. The molecule has 168 valence electrons. The minimum atomic E-state index is -2.46. The van der Waals surface area contributed by atoms with Crippen molar-refractivity contribution >= 4 is 30.4 Å². The summed E-state index contributed by atoms with van der Waals surface area (Å²) < 4.78 is 12.4. The van der Waals surface area contributed by atoms with Gasteiger partial charge < -0.3 is 0 Å². The number of rotatable bonds is 10. The maximum absolute atomic E-state index is 12.7. The van der Waals surface area contributed by atoms with E-state index in [-0.39, 0.29) is 11.8 Å². The van der Waals surface area contributed by atoms with Crippen LogP contribution in [0.25, 0.3) is 0 Å². The van der Waals surface area contributed by atoms with E-state index in [0.29, 0.717) is 6.54 Å². The Balaban J connectivity index is 3.16. The van der Waals surface area contributed by atoms with Gasteiger partial charge in [0, 0.05) is 0 Å². The van der Waals surface area contributed by atoms with Crippen molar-refractivity contribution in [2.24, 2.45) is 5.92 Å². The predicted molar refractivity (Wildman–Crippen MR) is 125 cm³/mol. The molecule has 0 aromatic carbocycles. The summed E-state index contributed by atoms with van der Waals surface area (Å²) in [5.41, 5.74) is 0.732. The first-order valence-corrected chi connectivity index (χ1v) is 19.5. The van der Waals surface area contributed by atoms with E-state index in [0.717, 1.165) is 6.42 Å². The van der Waals surface area contributed by atoms with Gasteiger partial charge in [-0.3, -0.25) is 0 Å². The summed E-state index contributed by atoms with van der Waals surface area (Å²) in [4.78, 5) is 26.7. The van der Waals surface area contributed by atoms with Gasteiger partial charge in [-0.05, 0) is 0 Å². The predicted octanol–water partition coefficient (Wildman–Crippen LogP) is 7.10. The van der Waals surface area contributed by atoms with Gasteiger partial charge >= 0.3 is 184 Å². The van der Waals surface area contributed by atoms with Gasteiger partial charge in [-0.15, -0.1) is 0 Å². The molecule has 1 atom stereocenters. The second-order valence-electron chi connectivity index (χ2n) is 9.99. The number of carbonyl (C=O) groups is 2. The van der Waals surface area contributed by atoms with Crippen LogP contribution in [0, 0.1) is 5.92 Å². The van der Waals surface area contributed by atoms with Crippen molar-refractivity contribution in [3.05, 3.63) is 9.67 Å². The molecule has 1 fully saturated rings. The standard InChI is InChI=1S/C12H18NO3.3C4H9.Sn/c1-8-6-9(2)10(14)13(7-8)11(15)16-12(3,4)5;3*1-3-4-2;/h1,9H,6-7H2,2-5H3;3*1,3-4H2,2H3;. The Hall–Kier alpha value is -0.521. The first-order valence-electron chi connectivity index (χ1n) is 11.8. The SMILES string of the molecule is CCC[CH2][Sn](/[CH]=C1/CC(C)C(=O)N(C(=O)OC(C)(C)C)C1)([CH2]CCC)[CH2]CCC. The van der Waals surface area contributed by atoms with Crippen LogP contribution in [0.5, 0.6) is 0 Å². The summed E-state index contributed by atoms with van der Waals surface area (Å²) in [5.74, 6) is -0.233. The van der Waals surface area contributed by atoms with Gasteiger partial charge in [0.1, 0.15) is 0 Å². The Morgan fingerprint density at radius 3 is 1.97 bits per heavy atom. The second-order valence-corrected chi connectivity index (χ2v) is 22.9. The summed E-state index contributed by atoms with van der Waals surface area (Å²) in [7, 11) is 0. The van der Waals surface area contributed by atoms with Crippen molar-refractivity contribution in [1.29, 1.82) is 0 Å². The molecule has 0 aliphatic carbocycles. The third-order valence-electron chi connectivity index (χ3n) is 5.83. The van der Waals surface area contributed by atoms with Gasteiger partial charge in [0.2, 0.25) is 0 Å². The number of imide groups is 1. The fourth-order valence-electron chi connectivity index (χ4n) is 4.28. The van der Waals surface area contributed by atoms with Crippen LogP contribution in [-0.4, -0.2) is 47.4 Å². The molecule has 1 unspecified atom stereocenters. The van der Waals surface area contributed by atoms with Crippen molar-refractivity contribution < 1.29 is 14.3 Å². The van der Waals surface area contributed by atoms with Crippen LogP contribution in [0.2, 0.25) is 13.3 Å². The molecule has 1 saturated heterocycles. The van der Waals surface area contributed by atoms with Crippen LogP contribution in [-0.2, 0) is 9.53 Å². The van der Waals surface area contributed by atoms with Crippen LogP contribution < -0.4 is 0 Å². The van der Waals surface area contributed by atoms with Gasteiger partial charge in [-0.25, -0.2) is 0 Å². The molecule has 0 N–H and O–H groups in total. The van der Waals surface area contributed by atoms with Crippen molar-refractivity contribution in [3.63, 3.8) is 0 Å². The number of hydrogen-bond acceptors (Lipinski definition) is 3. The van der Waals surface area contributed by atoms with Gasteiger partial charge in [0.05, 0.1) is 0 Å². The van der Waals surface area contributed by atoms with Crippen molar-refractivity contribution in [1.82, 2.24) is 4.90 Å². The van der Waals surface area contributed by atoms with E-state index >= 15 is 0 Å². The first kappa shape index (κ1) is 26.5. The Labute approximate surface area is 183 Å². The normalized spacial score (nSPS) is 19.7. The van der Waals surface area contributed by atoms with E-state index in [4.69, 9.17) is 4.74 Å². The van der Waals surface area contributed by atoms with E-state index in [9.17, 15) is 9.59 Å². The van der Waals surface area contributed by atoms with Crippen LogP contribution >= 0.6 is 0 Å². The van der Waals surface area contributed by atoms with Crippen molar-refractivity contribution in [2.75, 3.05) is 6.54 Å². The summed E-state index contributed by atoms with van der Waals surface area (Å²) in [5, 5.41) is 0. The van der Waals surface area contributed by atoms with Crippen LogP contribution in [0.15, 0.2) is 9.67 Å². The summed E-state index contributed by atoms with van der Waals surface area (Å²) in [6.07, 6.45) is 8.02. The molecule has 1 aliphatic heterocycles. The zero-order valence-electron chi connectivity index (χ0n) is 20.1. The number of unbranched alkanes of at least 4 members (excludes halogenated alkanes) is 3. The Morgan fingerprint density at radius 2 is 1.55 bits per heavy atom. The molecule has 1 heterocycles. The minimum absolute atomic E-state index is 0.0899. The third kappa shape index (κ3) is 9.02. The number of ether oxygens (including phenoxy) is 1. The van der Waals surface area contributed by atoms with E-state index in [1.165, 1.54) is 62.3 Å². The zero-order chi connectivity index (χ0) is 22.1. The topological polar surface area (TPSA) is 46.6 Å². The molecular weight excluding hydrogens is 469 g/mol. The maximum atomic E-state index is 12.7. The molecule has 5 heteroatoms. The molecule has 29 heavy (non-hydrogen) atoms. The molecule has 0 saturated carbocycles. The molecule has 0 spiro atoms. The summed E-state index contributed by atoms with van der Waals surface area (Å²) in [6, 6.07) is 0. The monoisotopic (exact) mass is 515 g/mol. The average Bonchev–Trinajstić information content (AvgIpc) is 2.64. The van der Waals surface area contributed by atoms with Crippen LogP contribution in [0.1, 0.15) is 93.4 Å². The fourth-order valence-corrected chi connectivity index (χ4v) is 19.8. The Kier molecular flexibility index (Phi) is 11.3. The molecule has 1 aliphatic rings. The average molecular weight is 514 g/mol.